The van der Waals surface area contributed by atoms with Gasteiger partial charge in [-0.25, -0.2) is 8.42 Å². The summed E-state index contributed by atoms with van der Waals surface area (Å²) in [6, 6.07) is 21.6. The van der Waals surface area contributed by atoms with Gasteiger partial charge in [0.15, 0.2) is 0 Å². The molecule has 0 aliphatic rings. The largest absolute Gasteiger partial charge is 0.352 e. The lowest BCUT2D eigenvalue weighted by Crippen LogP contribution is -2.28. The van der Waals surface area contributed by atoms with Gasteiger partial charge in [-0.1, -0.05) is 62.0 Å². The third-order valence-corrected chi connectivity index (χ3v) is 6.98. The molecule has 31 heavy (non-hydrogen) atoms. The van der Waals surface area contributed by atoms with Crippen LogP contribution in [0.25, 0.3) is 0 Å². The molecule has 0 heterocycles. The molecule has 162 valence electrons. The number of anilines is 1. The summed E-state index contributed by atoms with van der Waals surface area (Å²) >= 11 is 1.48. The average Bonchev–Trinajstić information content (AvgIpc) is 2.74. The second-order valence-electron chi connectivity index (χ2n) is 7.60. The normalized spacial score (nSPS) is 11.4. The number of hydrogen-bond acceptors (Lipinski definition) is 4. The molecule has 3 aromatic carbocycles. The van der Waals surface area contributed by atoms with Crippen LogP contribution in [-0.2, 0) is 10.0 Å². The highest BCUT2D eigenvalue weighted by Crippen LogP contribution is 2.34. The molecule has 0 atom stereocenters. The van der Waals surface area contributed by atoms with Crippen LogP contribution in [0.2, 0.25) is 0 Å². The molecule has 0 fully saturated rings. The zero-order valence-corrected chi connectivity index (χ0v) is 19.4. The predicted octanol–water partition coefficient (Wildman–Crippen LogP) is 5.33. The quantitative estimate of drug-likeness (QED) is 0.482. The lowest BCUT2D eigenvalue weighted by Gasteiger charge is -2.14. The molecule has 2 N–H and O–H groups in total. The van der Waals surface area contributed by atoms with Crippen LogP contribution in [0.4, 0.5) is 5.69 Å². The molecule has 0 aliphatic heterocycles. The van der Waals surface area contributed by atoms with Crippen LogP contribution in [0.1, 0.15) is 29.8 Å². The summed E-state index contributed by atoms with van der Waals surface area (Å²) < 4.78 is 28.9. The van der Waals surface area contributed by atoms with E-state index in [2.05, 4.69) is 10.0 Å². The summed E-state index contributed by atoms with van der Waals surface area (Å²) in [5.74, 6) is 0.0275. The van der Waals surface area contributed by atoms with Gasteiger partial charge in [0, 0.05) is 21.9 Å². The zero-order valence-electron chi connectivity index (χ0n) is 17.8. The second kappa shape index (κ2) is 10.0. The molecule has 0 saturated heterocycles. The van der Waals surface area contributed by atoms with Gasteiger partial charge >= 0.3 is 0 Å². The van der Waals surface area contributed by atoms with Crippen LogP contribution in [0.3, 0.4) is 0 Å². The molecule has 3 aromatic rings. The van der Waals surface area contributed by atoms with Crippen molar-refractivity contribution in [2.24, 2.45) is 5.92 Å². The van der Waals surface area contributed by atoms with E-state index < -0.39 is 10.0 Å². The SMILES string of the molecule is Cc1ccc(S(=O)(=O)Nc2ccccc2Sc2ccccc2)cc1C(=O)NCC(C)C. The highest BCUT2D eigenvalue weighted by Gasteiger charge is 2.19. The molecule has 0 unspecified atom stereocenters. The Labute approximate surface area is 188 Å². The van der Waals surface area contributed by atoms with E-state index in [4.69, 9.17) is 0 Å². The molecular weight excluding hydrogens is 428 g/mol. The topological polar surface area (TPSA) is 75.3 Å². The highest BCUT2D eigenvalue weighted by atomic mass is 32.2. The highest BCUT2D eigenvalue weighted by molar-refractivity contribution is 7.99. The Hall–Kier alpha value is -2.77. The van der Waals surface area contributed by atoms with E-state index in [1.54, 1.807) is 25.1 Å². The lowest BCUT2D eigenvalue weighted by atomic mass is 10.1. The number of hydrogen-bond donors (Lipinski definition) is 2. The Bertz CT molecular complexity index is 1160. The lowest BCUT2D eigenvalue weighted by molar-refractivity contribution is 0.0948. The van der Waals surface area contributed by atoms with E-state index in [-0.39, 0.29) is 10.8 Å². The van der Waals surface area contributed by atoms with Crippen LogP contribution in [0, 0.1) is 12.8 Å². The van der Waals surface area contributed by atoms with Gasteiger partial charge < -0.3 is 5.32 Å². The van der Waals surface area contributed by atoms with E-state index in [1.807, 2.05) is 56.3 Å². The van der Waals surface area contributed by atoms with Crippen molar-refractivity contribution in [2.75, 3.05) is 11.3 Å². The monoisotopic (exact) mass is 454 g/mol. The van der Waals surface area contributed by atoms with Crippen molar-refractivity contribution in [3.8, 4) is 0 Å². The summed E-state index contributed by atoms with van der Waals surface area (Å²) in [7, 11) is -3.88. The van der Waals surface area contributed by atoms with Crippen LogP contribution < -0.4 is 10.0 Å². The number of aryl methyl sites for hydroxylation is 1. The first-order valence-corrected chi connectivity index (χ1v) is 12.3. The Kier molecular flexibility index (Phi) is 7.41. The predicted molar refractivity (Wildman–Crippen MR) is 126 cm³/mol. The number of para-hydroxylation sites is 1. The van der Waals surface area contributed by atoms with Gasteiger partial charge in [-0.05, 0) is 54.8 Å². The van der Waals surface area contributed by atoms with Crippen LogP contribution >= 0.6 is 11.8 Å². The summed E-state index contributed by atoms with van der Waals surface area (Å²) in [6.07, 6.45) is 0. The first kappa shape index (κ1) is 22.9. The Balaban J connectivity index is 1.86. The fourth-order valence-electron chi connectivity index (χ4n) is 2.86. The van der Waals surface area contributed by atoms with Crippen molar-refractivity contribution in [2.45, 2.75) is 35.5 Å². The maximum absolute atomic E-state index is 13.1. The third-order valence-electron chi connectivity index (χ3n) is 4.54. The van der Waals surface area contributed by atoms with Gasteiger partial charge in [0.25, 0.3) is 15.9 Å². The molecule has 7 heteroatoms. The summed E-state index contributed by atoms with van der Waals surface area (Å²) in [5, 5.41) is 2.85. The molecule has 0 spiro atoms. The number of nitrogens with one attached hydrogen (secondary N) is 2. The average molecular weight is 455 g/mol. The van der Waals surface area contributed by atoms with Gasteiger partial charge in [-0.15, -0.1) is 0 Å². The molecule has 5 nitrogen and oxygen atoms in total. The fraction of sp³-hybridized carbons (Fsp3) is 0.208. The molecule has 0 radical (unpaired) electrons. The maximum atomic E-state index is 13.1. The summed E-state index contributed by atoms with van der Waals surface area (Å²) in [4.78, 5) is 14.4. The van der Waals surface area contributed by atoms with E-state index in [0.717, 1.165) is 15.4 Å². The Morgan fingerprint density at radius 2 is 1.65 bits per heavy atom. The minimum absolute atomic E-state index is 0.0484. The Morgan fingerprint density at radius 3 is 2.35 bits per heavy atom. The molecule has 0 aromatic heterocycles. The van der Waals surface area contributed by atoms with Gasteiger partial charge in [0.1, 0.15) is 0 Å². The van der Waals surface area contributed by atoms with Crippen molar-refractivity contribution < 1.29 is 13.2 Å². The third kappa shape index (κ3) is 6.12. The number of carbonyl (C=O) groups is 1. The van der Waals surface area contributed by atoms with E-state index in [9.17, 15) is 13.2 Å². The molecule has 0 bridgehead atoms. The van der Waals surface area contributed by atoms with Crippen molar-refractivity contribution in [1.29, 1.82) is 0 Å². The van der Waals surface area contributed by atoms with Crippen molar-refractivity contribution in [3.05, 3.63) is 83.9 Å². The van der Waals surface area contributed by atoms with Gasteiger partial charge in [0.2, 0.25) is 0 Å². The standard InChI is InChI=1S/C24H26N2O3S2/c1-17(2)16-25-24(27)21-15-20(14-13-18(21)3)31(28,29)26-22-11-7-8-12-23(22)30-19-9-5-4-6-10-19/h4-15,17,26H,16H2,1-3H3,(H,25,27). The second-order valence-corrected chi connectivity index (χ2v) is 10.4. The van der Waals surface area contributed by atoms with Crippen LogP contribution in [0.5, 0.6) is 0 Å². The molecular formula is C24H26N2O3S2. The number of carbonyl (C=O) groups excluding carboxylic acids is 1. The number of sulfonamides is 1. The maximum Gasteiger partial charge on any atom is 0.261 e. The first-order chi connectivity index (χ1) is 14.8. The smallest absolute Gasteiger partial charge is 0.261 e. The van der Waals surface area contributed by atoms with Crippen LogP contribution in [-0.4, -0.2) is 20.9 Å². The summed E-state index contributed by atoms with van der Waals surface area (Å²) in [6.45, 7) is 6.32. The molecule has 3 rings (SSSR count). The zero-order chi connectivity index (χ0) is 22.4. The van der Waals surface area contributed by atoms with E-state index >= 15 is 0 Å². The summed E-state index contributed by atoms with van der Waals surface area (Å²) in [5.41, 5.74) is 1.57. The molecule has 0 saturated carbocycles. The van der Waals surface area contributed by atoms with E-state index in [1.165, 1.54) is 23.9 Å². The van der Waals surface area contributed by atoms with Gasteiger partial charge in [-0.3, -0.25) is 9.52 Å². The van der Waals surface area contributed by atoms with E-state index in [0.29, 0.717) is 23.7 Å². The minimum Gasteiger partial charge on any atom is -0.352 e. The molecule has 1 amide bonds. The first-order valence-electron chi connectivity index (χ1n) is 10.00. The number of rotatable bonds is 8. The van der Waals surface area contributed by atoms with Crippen molar-refractivity contribution in [1.82, 2.24) is 5.32 Å². The fourth-order valence-corrected chi connectivity index (χ4v) is 4.96. The van der Waals surface area contributed by atoms with Crippen molar-refractivity contribution >= 4 is 33.4 Å². The number of amides is 1. The minimum atomic E-state index is -3.88. The van der Waals surface area contributed by atoms with Gasteiger partial charge in [-0.2, -0.15) is 0 Å². The van der Waals surface area contributed by atoms with Crippen LogP contribution in [0.15, 0.2) is 87.5 Å². The Morgan fingerprint density at radius 1 is 0.968 bits per heavy atom. The number of benzene rings is 3. The van der Waals surface area contributed by atoms with Crippen molar-refractivity contribution in [3.63, 3.8) is 0 Å². The van der Waals surface area contributed by atoms with Gasteiger partial charge in [0.05, 0.1) is 10.6 Å². The molecule has 0 aliphatic carbocycles.